The van der Waals surface area contributed by atoms with E-state index in [2.05, 4.69) is 0 Å². The van der Waals surface area contributed by atoms with Gasteiger partial charge >= 0.3 is 6.18 Å². The van der Waals surface area contributed by atoms with Crippen LogP contribution in [0.5, 0.6) is 0 Å². The molecule has 0 aliphatic carbocycles. The van der Waals surface area contributed by atoms with Crippen molar-refractivity contribution in [3.05, 3.63) is 33.4 Å². The maximum absolute atomic E-state index is 12.6. The molecule has 0 bridgehead atoms. The Morgan fingerprint density at radius 2 is 1.90 bits per heavy atom. The fraction of sp³-hybridized carbons (Fsp3) is 0.300. The summed E-state index contributed by atoms with van der Waals surface area (Å²) in [6, 6.07) is 3.19. The molecule has 112 valence electrons. The molecular formula is C10H9F3INO4S. The van der Waals surface area contributed by atoms with Crippen LogP contribution >= 0.6 is 22.6 Å². The van der Waals surface area contributed by atoms with Crippen LogP contribution < -0.4 is 5.32 Å². The first-order valence-corrected chi connectivity index (χ1v) is 7.77. The third-order valence-corrected chi connectivity index (χ3v) is 3.89. The maximum atomic E-state index is 12.6. The van der Waals surface area contributed by atoms with Crippen molar-refractivity contribution >= 4 is 38.6 Å². The number of carbonyl (C=O) groups excluding carboxylic acids is 1. The van der Waals surface area contributed by atoms with Gasteiger partial charge in [0.15, 0.2) is 0 Å². The van der Waals surface area contributed by atoms with E-state index in [4.69, 9.17) is 4.55 Å². The summed E-state index contributed by atoms with van der Waals surface area (Å²) in [6.07, 6.45) is -4.99. The van der Waals surface area contributed by atoms with Gasteiger partial charge in [-0.1, -0.05) is 12.1 Å². The van der Waals surface area contributed by atoms with Gasteiger partial charge in [-0.2, -0.15) is 21.6 Å². The molecule has 20 heavy (non-hydrogen) atoms. The molecule has 5 nitrogen and oxygen atoms in total. The Labute approximate surface area is 126 Å². The Morgan fingerprint density at radius 3 is 2.35 bits per heavy atom. The predicted molar refractivity (Wildman–Crippen MR) is 72.9 cm³/mol. The van der Waals surface area contributed by atoms with Crippen molar-refractivity contribution in [2.75, 3.05) is 5.75 Å². The minimum atomic E-state index is -4.99. The quantitative estimate of drug-likeness (QED) is 0.572. The number of benzene rings is 1. The molecule has 0 fully saturated rings. The number of hydrogen-bond acceptors (Lipinski definition) is 3. The van der Waals surface area contributed by atoms with Gasteiger partial charge in [-0.25, -0.2) is 0 Å². The van der Waals surface area contributed by atoms with Gasteiger partial charge in [-0.3, -0.25) is 9.35 Å². The van der Waals surface area contributed by atoms with Crippen molar-refractivity contribution in [1.29, 1.82) is 0 Å². The number of rotatable bonds is 4. The van der Waals surface area contributed by atoms with E-state index < -0.39 is 34.0 Å². The van der Waals surface area contributed by atoms with Crippen LogP contribution in [0.3, 0.4) is 0 Å². The average Bonchev–Trinajstić information content (AvgIpc) is 2.25. The summed E-state index contributed by atoms with van der Waals surface area (Å²) in [4.78, 5) is 11.7. The second kappa shape index (κ2) is 6.26. The van der Waals surface area contributed by atoms with E-state index in [0.717, 1.165) is 0 Å². The normalized spacial score (nSPS) is 13.8. The summed E-state index contributed by atoms with van der Waals surface area (Å²) in [5.74, 6) is -2.70. The van der Waals surface area contributed by atoms with Gasteiger partial charge in [-0.15, -0.1) is 0 Å². The minimum absolute atomic E-state index is 0.0160. The van der Waals surface area contributed by atoms with E-state index in [1.165, 1.54) is 18.2 Å². The number of halogens is 4. The zero-order valence-electron chi connectivity index (χ0n) is 9.69. The van der Waals surface area contributed by atoms with Crippen molar-refractivity contribution in [3.63, 3.8) is 0 Å². The summed E-state index contributed by atoms with van der Waals surface area (Å²) in [5, 5.41) is 1.56. The fourth-order valence-electron chi connectivity index (χ4n) is 1.31. The third-order valence-electron chi connectivity index (χ3n) is 2.20. The zero-order chi connectivity index (χ0) is 15.6. The Morgan fingerprint density at radius 1 is 1.35 bits per heavy atom. The molecule has 0 heterocycles. The van der Waals surface area contributed by atoms with Crippen LogP contribution in [0.15, 0.2) is 24.3 Å². The third kappa shape index (κ3) is 5.25. The van der Waals surface area contributed by atoms with Crippen LogP contribution in [0.25, 0.3) is 0 Å². The molecule has 1 unspecified atom stereocenters. The van der Waals surface area contributed by atoms with E-state index in [9.17, 15) is 26.4 Å². The monoisotopic (exact) mass is 423 g/mol. The van der Waals surface area contributed by atoms with Gasteiger partial charge < -0.3 is 5.32 Å². The van der Waals surface area contributed by atoms with E-state index >= 15 is 0 Å². The lowest BCUT2D eigenvalue weighted by molar-refractivity contribution is -0.148. The first-order valence-electron chi connectivity index (χ1n) is 5.08. The lowest BCUT2D eigenvalue weighted by atomic mass is 10.2. The molecule has 1 amide bonds. The second-order valence-corrected chi connectivity index (χ2v) is 6.46. The van der Waals surface area contributed by atoms with Gasteiger partial charge in [0, 0.05) is 3.57 Å². The molecule has 2 N–H and O–H groups in total. The molecule has 0 saturated carbocycles. The lowest BCUT2D eigenvalue weighted by Gasteiger charge is -2.20. The summed E-state index contributed by atoms with van der Waals surface area (Å²) in [6.45, 7) is 0. The Balaban J connectivity index is 2.97. The summed E-state index contributed by atoms with van der Waals surface area (Å²) in [7, 11) is -4.88. The van der Waals surface area contributed by atoms with Crippen molar-refractivity contribution in [3.8, 4) is 0 Å². The molecule has 1 aromatic carbocycles. The average molecular weight is 423 g/mol. The van der Waals surface area contributed by atoms with Gasteiger partial charge in [0.2, 0.25) is 0 Å². The summed E-state index contributed by atoms with van der Waals surface area (Å²) >= 11 is 1.76. The molecule has 1 aromatic rings. The zero-order valence-corrected chi connectivity index (χ0v) is 12.7. The molecule has 1 rings (SSSR count). The van der Waals surface area contributed by atoms with E-state index in [0.29, 0.717) is 3.57 Å². The molecular weight excluding hydrogens is 414 g/mol. The van der Waals surface area contributed by atoms with Crippen LogP contribution in [0.1, 0.15) is 10.4 Å². The van der Waals surface area contributed by atoms with E-state index in [-0.39, 0.29) is 5.56 Å². The number of nitrogens with one attached hydrogen (secondary N) is 1. The highest BCUT2D eigenvalue weighted by molar-refractivity contribution is 14.1. The fourth-order valence-corrected chi connectivity index (χ4v) is 2.64. The maximum Gasteiger partial charge on any atom is 0.409 e. The smallest absolute Gasteiger partial charge is 0.339 e. The highest BCUT2D eigenvalue weighted by atomic mass is 127. The van der Waals surface area contributed by atoms with Crippen molar-refractivity contribution in [2.45, 2.75) is 12.2 Å². The largest absolute Gasteiger partial charge is 0.409 e. The molecule has 0 saturated heterocycles. The van der Waals surface area contributed by atoms with Gasteiger partial charge in [-0.05, 0) is 34.7 Å². The molecule has 0 aliphatic rings. The first kappa shape index (κ1) is 17.2. The van der Waals surface area contributed by atoms with Gasteiger partial charge in [0.05, 0.1) is 5.56 Å². The second-order valence-electron chi connectivity index (χ2n) is 3.80. The number of amides is 1. The van der Waals surface area contributed by atoms with Crippen LogP contribution in [-0.2, 0) is 10.1 Å². The van der Waals surface area contributed by atoms with Crippen LogP contribution in [0.2, 0.25) is 0 Å². The SMILES string of the molecule is O=C(NC(CS(=O)(=O)O)C(F)(F)F)c1ccccc1I. The molecule has 0 aromatic heterocycles. The molecule has 0 spiro atoms. The molecule has 0 aliphatic heterocycles. The first-order chi connectivity index (χ1) is 9.00. The highest BCUT2D eigenvalue weighted by Crippen LogP contribution is 2.22. The minimum Gasteiger partial charge on any atom is -0.339 e. The van der Waals surface area contributed by atoms with Crippen molar-refractivity contribution < 1.29 is 30.9 Å². The number of hydrogen-bond donors (Lipinski definition) is 2. The molecule has 10 heteroatoms. The van der Waals surface area contributed by atoms with Crippen LogP contribution in [-0.4, -0.2) is 36.8 Å². The van der Waals surface area contributed by atoms with Gasteiger partial charge in [0.25, 0.3) is 16.0 Å². The topological polar surface area (TPSA) is 83.5 Å². The Bertz CT molecular complexity index is 603. The number of carbonyl (C=O) groups is 1. The van der Waals surface area contributed by atoms with E-state index in [1.54, 1.807) is 34.0 Å². The predicted octanol–water partition coefficient (Wildman–Crippen LogP) is 1.84. The Kier molecular flexibility index (Phi) is 5.38. The standard InChI is InChI=1S/C10H9F3INO4S/c11-10(12,13)8(5-20(17,18)19)15-9(16)6-3-1-2-4-7(6)14/h1-4,8H,5H2,(H,15,16)(H,17,18,19). The molecule has 1 atom stereocenters. The Hall–Kier alpha value is -0.880. The van der Waals surface area contributed by atoms with Gasteiger partial charge in [0.1, 0.15) is 11.8 Å². The summed E-state index contributed by atoms with van der Waals surface area (Å²) < 4.78 is 68.0. The summed E-state index contributed by atoms with van der Waals surface area (Å²) in [5.41, 5.74) is -0.0160. The highest BCUT2D eigenvalue weighted by Gasteiger charge is 2.43. The molecule has 0 radical (unpaired) electrons. The van der Waals surface area contributed by atoms with Crippen LogP contribution in [0, 0.1) is 3.57 Å². The lowest BCUT2D eigenvalue weighted by Crippen LogP contribution is -2.49. The number of alkyl halides is 3. The van der Waals surface area contributed by atoms with Crippen molar-refractivity contribution in [2.24, 2.45) is 0 Å². The van der Waals surface area contributed by atoms with Crippen molar-refractivity contribution in [1.82, 2.24) is 5.32 Å². The van der Waals surface area contributed by atoms with E-state index in [1.807, 2.05) is 0 Å². The van der Waals surface area contributed by atoms with Crippen LogP contribution in [0.4, 0.5) is 13.2 Å².